The lowest BCUT2D eigenvalue weighted by Gasteiger charge is -2.18. The van der Waals surface area contributed by atoms with Gasteiger partial charge in [-0.15, -0.1) is 0 Å². The first-order chi connectivity index (χ1) is 26.5. The fourth-order valence-corrected chi connectivity index (χ4v) is 6.04. The molecule has 0 aromatic heterocycles. The van der Waals surface area contributed by atoms with Crippen LogP contribution in [0.3, 0.4) is 0 Å². The average molecular weight is 757 g/mol. The number of rotatable bonds is 40. The molecule has 0 aromatic rings. The summed E-state index contributed by atoms with van der Waals surface area (Å²) in [6, 6.07) is 0. The highest BCUT2D eigenvalue weighted by molar-refractivity contribution is 5.71. The molecule has 0 N–H and O–H groups in total. The molecule has 0 fully saturated rings. The molecular weight excluding hydrogens is 673 g/mol. The summed E-state index contributed by atoms with van der Waals surface area (Å²) in [4.78, 5) is 37.7. The maximum absolute atomic E-state index is 12.7. The van der Waals surface area contributed by atoms with Crippen LogP contribution in [-0.2, 0) is 28.6 Å². The van der Waals surface area contributed by atoms with Gasteiger partial charge in [-0.2, -0.15) is 0 Å². The van der Waals surface area contributed by atoms with Gasteiger partial charge < -0.3 is 14.2 Å². The summed E-state index contributed by atoms with van der Waals surface area (Å²) in [5.41, 5.74) is 0. The molecule has 0 heterocycles. The molecule has 0 aliphatic heterocycles. The van der Waals surface area contributed by atoms with E-state index in [-0.39, 0.29) is 31.1 Å². The third-order valence-corrected chi connectivity index (χ3v) is 9.51. The van der Waals surface area contributed by atoms with Crippen LogP contribution < -0.4 is 0 Å². The minimum Gasteiger partial charge on any atom is -0.462 e. The smallest absolute Gasteiger partial charge is 0.306 e. The first kappa shape index (κ1) is 51.4. The molecule has 1 unspecified atom stereocenters. The highest BCUT2D eigenvalue weighted by Gasteiger charge is 2.19. The second-order valence-corrected chi connectivity index (χ2v) is 14.9. The van der Waals surface area contributed by atoms with Crippen LogP contribution >= 0.6 is 0 Å². The quantitative estimate of drug-likeness (QED) is 0.0268. The summed E-state index contributed by atoms with van der Waals surface area (Å²) in [5.74, 6) is -0.921. The molecule has 312 valence electrons. The summed E-state index contributed by atoms with van der Waals surface area (Å²) in [6.07, 6.45) is 49.4. The van der Waals surface area contributed by atoms with Gasteiger partial charge in [0.1, 0.15) is 13.2 Å². The molecule has 0 rings (SSSR count). The Kier molecular flexibility index (Phi) is 41.0. The monoisotopic (exact) mass is 757 g/mol. The predicted octanol–water partition coefficient (Wildman–Crippen LogP) is 14.4. The van der Waals surface area contributed by atoms with E-state index in [0.29, 0.717) is 19.3 Å². The Morgan fingerprint density at radius 2 is 0.722 bits per heavy atom. The first-order valence-corrected chi connectivity index (χ1v) is 22.6. The van der Waals surface area contributed by atoms with Crippen molar-refractivity contribution in [1.82, 2.24) is 0 Å². The molecule has 0 saturated carbocycles. The van der Waals surface area contributed by atoms with E-state index in [1.54, 1.807) is 0 Å². The second kappa shape index (κ2) is 43.1. The van der Waals surface area contributed by atoms with Crippen LogP contribution in [0.25, 0.3) is 0 Å². The van der Waals surface area contributed by atoms with Crippen molar-refractivity contribution in [3.63, 3.8) is 0 Å². The van der Waals surface area contributed by atoms with Crippen molar-refractivity contribution in [1.29, 1.82) is 0 Å². The van der Waals surface area contributed by atoms with Crippen molar-refractivity contribution in [2.75, 3.05) is 13.2 Å². The fraction of sp³-hybridized carbons (Fsp3) is 0.771. The summed E-state index contributed by atoms with van der Waals surface area (Å²) < 4.78 is 16.7. The van der Waals surface area contributed by atoms with Crippen molar-refractivity contribution >= 4 is 17.9 Å². The number of unbranched alkanes of at least 4 members (excludes halogenated alkanes) is 21. The highest BCUT2D eigenvalue weighted by Crippen LogP contribution is 2.13. The number of hydrogen-bond acceptors (Lipinski definition) is 6. The summed E-state index contributed by atoms with van der Waals surface area (Å²) in [5, 5.41) is 0. The molecule has 6 heteroatoms. The summed E-state index contributed by atoms with van der Waals surface area (Å²) in [6.45, 7) is 6.47. The van der Waals surface area contributed by atoms with Crippen LogP contribution in [0.5, 0.6) is 0 Å². The molecule has 0 amide bonds. The van der Waals surface area contributed by atoms with Gasteiger partial charge in [-0.05, 0) is 89.9 Å². The van der Waals surface area contributed by atoms with E-state index in [9.17, 15) is 14.4 Å². The van der Waals surface area contributed by atoms with Crippen molar-refractivity contribution in [3.8, 4) is 0 Å². The minimum absolute atomic E-state index is 0.0857. The van der Waals surface area contributed by atoms with Gasteiger partial charge in [0.2, 0.25) is 0 Å². The van der Waals surface area contributed by atoms with Crippen molar-refractivity contribution in [3.05, 3.63) is 48.6 Å². The standard InChI is InChI=1S/C48H84O6/c1-4-7-10-13-16-19-22-24-27-29-32-35-38-41-47(50)53-44-45(43-52-46(49)40-37-34-31-28-25-21-18-15-12-9-6-3)54-48(51)42-39-36-33-30-26-23-20-17-14-11-8-5-2/h10,13,15,17-20,22,45H,4-9,11-12,14,16,21,23-44H2,1-3H3/b13-10-,18-15-,20-17-,22-19-. The number of carbonyl (C=O) groups is 3. The molecule has 1 atom stereocenters. The van der Waals surface area contributed by atoms with E-state index in [2.05, 4.69) is 69.4 Å². The van der Waals surface area contributed by atoms with Crippen LogP contribution in [0, 0.1) is 0 Å². The van der Waals surface area contributed by atoms with Crippen LogP contribution in [-0.4, -0.2) is 37.2 Å². The minimum atomic E-state index is -0.782. The molecule has 0 bridgehead atoms. The Labute approximate surface area is 333 Å². The third kappa shape index (κ3) is 40.6. The van der Waals surface area contributed by atoms with Crippen molar-refractivity contribution < 1.29 is 28.6 Å². The van der Waals surface area contributed by atoms with E-state index in [1.165, 1.54) is 77.0 Å². The maximum atomic E-state index is 12.7. The van der Waals surface area contributed by atoms with Gasteiger partial charge in [-0.1, -0.05) is 159 Å². The molecule has 0 saturated heterocycles. The molecule has 0 spiro atoms. The number of esters is 3. The van der Waals surface area contributed by atoms with E-state index in [4.69, 9.17) is 14.2 Å². The summed E-state index contributed by atoms with van der Waals surface area (Å²) >= 11 is 0. The van der Waals surface area contributed by atoms with Gasteiger partial charge in [-0.3, -0.25) is 14.4 Å². The van der Waals surface area contributed by atoms with Crippen LogP contribution in [0.2, 0.25) is 0 Å². The Hall–Kier alpha value is -2.63. The zero-order valence-corrected chi connectivity index (χ0v) is 35.5. The van der Waals surface area contributed by atoms with E-state index in [0.717, 1.165) is 103 Å². The zero-order chi connectivity index (χ0) is 39.4. The van der Waals surface area contributed by atoms with Crippen LogP contribution in [0.4, 0.5) is 0 Å². The maximum Gasteiger partial charge on any atom is 0.306 e. The lowest BCUT2D eigenvalue weighted by atomic mass is 10.1. The van der Waals surface area contributed by atoms with Gasteiger partial charge in [0.15, 0.2) is 6.10 Å². The Balaban J connectivity index is 4.42. The molecule has 54 heavy (non-hydrogen) atoms. The topological polar surface area (TPSA) is 78.9 Å². The zero-order valence-electron chi connectivity index (χ0n) is 35.5. The van der Waals surface area contributed by atoms with E-state index < -0.39 is 6.10 Å². The Morgan fingerprint density at radius 3 is 1.17 bits per heavy atom. The number of allylic oxidation sites excluding steroid dienone is 8. The molecule has 0 aliphatic rings. The Bertz CT molecular complexity index is 964. The lowest BCUT2D eigenvalue weighted by molar-refractivity contribution is -0.167. The molecule has 6 nitrogen and oxygen atoms in total. The molecular formula is C48H84O6. The molecule has 0 aliphatic carbocycles. The number of ether oxygens (including phenoxy) is 3. The molecule has 0 radical (unpaired) electrons. The van der Waals surface area contributed by atoms with E-state index >= 15 is 0 Å². The number of hydrogen-bond donors (Lipinski definition) is 0. The fourth-order valence-electron chi connectivity index (χ4n) is 6.04. The highest BCUT2D eigenvalue weighted by atomic mass is 16.6. The lowest BCUT2D eigenvalue weighted by Crippen LogP contribution is -2.30. The summed E-state index contributed by atoms with van der Waals surface area (Å²) in [7, 11) is 0. The first-order valence-electron chi connectivity index (χ1n) is 22.6. The van der Waals surface area contributed by atoms with Gasteiger partial charge in [-0.25, -0.2) is 0 Å². The Morgan fingerprint density at radius 1 is 0.370 bits per heavy atom. The van der Waals surface area contributed by atoms with Gasteiger partial charge in [0, 0.05) is 19.3 Å². The predicted molar refractivity (Wildman–Crippen MR) is 229 cm³/mol. The normalized spacial score (nSPS) is 12.4. The average Bonchev–Trinajstić information content (AvgIpc) is 3.17. The van der Waals surface area contributed by atoms with E-state index in [1.807, 2.05) is 0 Å². The molecule has 0 aromatic carbocycles. The van der Waals surface area contributed by atoms with Crippen molar-refractivity contribution in [2.24, 2.45) is 0 Å². The van der Waals surface area contributed by atoms with Gasteiger partial charge >= 0.3 is 17.9 Å². The number of carbonyl (C=O) groups excluding carboxylic acids is 3. The van der Waals surface area contributed by atoms with Gasteiger partial charge in [0.05, 0.1) is 0 Å². The van der Waals surface area contributed by atoms with Gasteiger partial charge in [0.25, 0.3) is 0 Å². The van der Waals surface area contributed by atoms with Crippen LogP contribution in [0.15, 0.2) is 48.6 Å². The largest absolute Gasteiger partial charge is 0.462 e. The second-order valence-electron chi connectivity index (χ2n) is 14.9. The van der Waals surface area contributed by atoms with Crippen LogP contribution in [0.1, 0.15) is 220 Å². The third-order valence-electron chi connectivity index (χ3n) is 9.51. The van der Waals surface area contributed by atoms with Crippen molar-refractivity contribution in [2.45, 2.75) is 226 Å². The SMILES string of the molecule is CCC/C=C\C/C=C\CCCCCCCC(=O)OCC(COC(=O)CCCCCCC/C=C\CCCC)OC(=O)CCCCCCC/C=C\CCCCC.